The maximum Gasteiger partial charge on any atom is 0.391 e. The van der Waals surface area contributed by atoms with Gasteiger partial charge in [0.1, 0.15) is 5.75 Å². The second-order valence-electron chi connectivity index (χ2n) is 7.09. The van der Waals surface area contributed by atoms with Gasteiger partial charge in [0.2, 0.25) is 5.91 Å². The Bertz CT molecular complexity index is 634. The van der Waals surface area contributed by atoms with Gasteiger partial charge in [0.15, 0.2) is 12.5 Å². The summed E-state index contributed by atoms with van der Waals surface area (Å²) in [5, 5.41) is 5.70. The molecule has 0 aliphatic carbocycles. The summed E-state index contributed by atoms with van der Waals surface area (Å²) < 4.78 is 18.3. The van der Waals surface area contributed by atoms with E-state index in [1.807, 2.05) is 7.05 Å². The summed E-state index contributed by atoms with van der Waals surface area (Å²) in [7, 11) is -0.752. The van der Waals surface area contributed by atoms with Crippen LogP contribution in [0.25, 0.3) is 0 Å². The number of benzene rings is 1. The number of aldehydes is 1. The maximum atomic E-state index is 13.7. The SMILES string of the molecule is CNCCCCCCN.NCCCCCC(=O)Nc1ccc(OP(O)O)c(C(F)C=O)c1. The predicted octanol–water partition coefficient (Wildman–Crippen LogP) is 2.67. The van der Waals surface area contributed by atoms with Crippen LogP contribution in [0.1, 0.15) is 63.1 Å². The van der Waals surface area contributed by atoms with Gasteiger partial charge < -0.3 is 36.4 Å². The molecule has 1 rings (SSSR count). The van der Waals surface area contributed by atoms with Crippen molar-refractivity contribution < 1.29 is 28.3 Å². The highest BCUT2D eigenvalue weighted by Crippen LogP contribution is 2.36. The molecule has 1 atom stereocenters. The summed E-state index contributed by atoms with van der Waals surface area (Å²) in [5.41, 5.74) is 10.8. The average molecular weight is 477 g/mol. The van der Waals surface area contributed by atoms with Crippen LogP contribution in [-0.2, 0) is 9.59 Å². The molecule has 0 fully saturated rings. The van der Waals surface area contributed by atoms with Gasteiger partial charge in [0.05, 0.1) is 0 Å². The molecule has 0 aliphatic rings. The molecule has 11 heteroatoms. The third-order valence-electron chi connectivity index (χ3n) is 4.38. The summed E-state index contributed by atoms with van der Waals surface area (Å²) in [6, 6.07) is 3.91. The largest absolute Gasteiger partial charge is 0.427 e. The fraction of sp³-hybridized carbons (Fsp3) is 0.619. The van der Waals surface area contributed by atoms with Gasteiger partial charge in [-0.25, -0.2) is 4.39 Å². The molecule has 0 bridgehead atoms. The maximum absolute atomic E-state index is 13.7. The smallest absolute Gasteiger partial charge is 0.391 e. The second kappa shape index (κ2) is 20.0. The topological polar surface area (TPSA) is 160 Å². The fourth-order valence-corrected chi connectivity index (χ4v) is 3.06. The molecule has 8 N–H and O–H groups in total. The Morgan fingerprint density at radius 1 is 1.12 bits per heavy atom. The minimum Gasteiger partial charge on any atom is -0.427 e. The lowest BCUT2D eigenvalue weighted by Crippen LogP contribution is -2.12. The quantitative estimate of drug-likeness (QED) is 0.121. The van der Waals surface area contributed by atoms with Gasteiger partial charge in [-0.15, -0.1) is 0 Å². The van der Waals surface area contributed by atoms with Gasteiger partial charge in [-0.1, -0.05) is 19.3 Å². The molecule has 1 unspecified atom stereocenters. The number of nitrogens with two attached hydrogens (primary N) is 2. The molecule has 0 aromatic heterocycles. The molecule has 0 heterocycles. The Morgan fingerprint density at radius 3 is 2.31 bits per heavy atom. The summed E-state index contributed by atoms with van der Waals surface area (Å²) >= 11 is 0. The van der Waals surface area contributed by atoms with Crippen molar-refractivity contribution in [1.29, 1.82) is 0 Å². The lowest BCUT2D eigenvalue weighted by atomic mass is 10.1. The van der Waals surface area contributed by atoms with E-state index in [0.717, 1.165) is 25.9 Å². The molecule has 1 aromatic rings. The van der Waals surface area contributed by atoms with Crippen LogP contribution in [0.5, 0.6) is 5.75 Å². The number of halogens is 1. The van der Waals surface area contributed by atoms with E-state index in [1.165, 1.54) is 43.9 Å². The standard InChI is InChI=1S/C14H20FN2O5P.C7H18N2/c15-12(9-18)11-8-10(5-6-13(11)22-23(20)21)17-14(19)4-2-1-3-7-16;1-9-7-5-3-2-4-6-8/h5-6,8-9,12,20-21H,1-4,7,16H2,(H,17,19);9H,2-8H2,1H3. The zero-order chi connectivity index (χ0) is 24.2. The van der Waals surface area contributed by atoms with Crippen LogP contribution in [0.4, 0.5) is 10.1 Å². The first kappa shape index (κ1) is 30.3. The highest BCUT2D eigenvalue weighted by Gasteiger charge is 2.18. The normalized spacial score (nSPS) is 11.5. The Labute approximate surface area is 191 Å². The number of anilines is 1. The number of unbranched alkanes of at least 4 members (excludes halogenated alkanes) is 5. The van der Waals surface area contributed by atoms with Crippen molar-refractivity contribution in [3.63, 3.8) is 0 Å². The molecule has 0 saturated heterocycles. The van der Waals surface area contributed by atoms with Crippen LogP contribution < -0.4 is 26.6 Å². The van der Waals surface area contributed by atoms with Gasteiger partial charge in [-0.2, -0.15) is 0 Å². The number of rotatable bonds is 16. The van der Waals surface area contributed by atoms with E-state index in [4.69, 9.17) is 21.3 Å². The summed E-state index contributed by atoms with van der Waals surface area (Å²) in [6.45, 7) is 2.57. The molecule has 1 aromatic carbocycles. The fourth-order valence-electron chi connectivity index (χ4n) is 2.72. The van der Waals surface area contributed by atoms with Crippen molar-refractivity contribution >= 4 is 26.5 Å². The van der Waals surface area contributed by atoms with E-state index in [9.17, 15) is 14.0 Å². The van der Waals surface area contributed by atoms with Crippen LogP contribution in [0.15, 0.2) is 18.2 Å². The van der Waals surface area contributed by atoms with Crippen molar-refractivity contribution in [2.24, 2.45) is 11.5 Å². The van der Waals surface area contributed by atoms with Crippen LogP contribution in [0.3, 0.4) is 0 Å². The summed E-state index contributed by atoms with van der Waals surface area (Å²) in [5.74, 6) is -0.406. The van der Waals surface area contributed by atoms with Gasteiger partial charge in [-0.05, 0) is 70.6 Å². The molecule has 0 saturated carbocycles. The van der Waals surface area contributed by atoms with Gasteiger partial charge in [0, 0.05) is 17.7 Å². The monoisotopic (exact) mass is 476 g/mol. The van der Waals surface area contributed by atoms with E-state index in [1.54, 1.807) is 0 Å². The van der Waals surface area contributed by atoms with Crippen LogP contribution in [0.2, 0.25) is 0 Å². The number of nitrogens with one attached hydrogen (secondary N) is 2. The van der Waals surface area contributed by atoms with E-state index in [-0.39, 0.29) is 23.5 Å². The van der Waals surface area contributed by atoms with Crippen LogP contribution in [-0.4, -0.2) is 48.7 Å². The zero-order valence-corrected chi connectivity index (χ0v) is 19.7. The number of hydrogen-bond donors (Lipinski definition) is 6. The molecule has 0 aliphatic heterocycles. The highest BCUT2D eigenvalue weighted by molar-refractivity contribution is 7.39. The Balaban J connectivity index is 0.000000900. The lowest BCUT2D eigenvalue weighted by Gasteiger charge is -2.14. The van der Waals surface area contributed by atoms with Crippen molar-refractivity contribution in [1.82, 2.24) is 5.32 Å². The van der Waals surface area contributed by atoms with Crippen molar-refractivity contribution in [2.75, 3.05) is 32.0 Å². The van der Waals surface area contributed by atoms with Gasteiger partial charge in [-0.3, -0.25) is 9.59 Å². The van der Waals surface area contributed by atoms with Crippen molar-refractivity contribution in [2.45, 2.75) is 57.5 Å². The third kappa shape index (κ3) is 15.2. The summed E-state index contributed by atoms with van der Waals surface area (Å²) in [4.78, 5) is 40.1. The third-order valence-corrected chi connectivity index (χ3v) is 4.74. The van der Waals surface area contributed by atoms with Crippen molar-refractivity contribution in [3.8, 4) is 5.75 Å². The highest BCUT2D eigenvalue weighted by atomic mass is 31.2. The zero-order valence-electron chi connectivity index (χ0n) is 18.8. The predicted molar refractivity (Wildman–Crippen MR) is 126 cm³/mol. The van der Waals surface area contributed by atoms with E-state index in [2.05, 4.69) is 15.2 Å². The molecule has 1 amide bonds. The first-order valence-electron chi connectivity index (χ1n) is 10.8. The number of alkyl halides is 1. The number of carbonyl (C=O) groups is 2. The van der Waals surface area contributed by atoms with E-state index < -0.39 is 14.8 Å². The minimum atomic E-state index is -2.74. The second-order valence-corrected chi connectivity index (χ2v) is 7.78. The molecule has 9 nitrogen and oxygen atoms in total. The first-order valence-corrected chi connectivity index (χ1v) is 12.0. The van der Waals surface area contributed by atoms with E-state index >= 15 is 0 Å². The first-order chi connectivity index (χ1) is 15.4. The average Bonchev–Trinajstić information content (AvgIpc) is 2.77. The van der Waals surface area contributed by atoms with Crippen LogP contribution in [0, 0.1) is 0 Å². The van der Waals surface area contributed by atoms with Crippen molar-refractivity contribution in [3.05, 3.63) is 23.8 Å². The minimum absolute atomic E-state index is 0.0532. The van der Waals surface area contributed by atoms with E-state index in [0.29, 0.717) is 25.1 Å². The van der Waals surface area contributed by atoms with Gasteiger partial charge in [0.25, 0.3) is 0 Å². The Morgan fingerprint density at radius 2 is 1.75 bits per heavy atom. The summed E-state index contributed by atoms with van der Waals surface area (Å²) in [6.07, 6.45) is 5.82. The molecule has 0 radical (unpaired) electrons. The van der Waals surface area contributed by atoms with Crippen LogP contribution >= 0.6 is 8.60 Å². The number of amides is 1. The Kier molecular flexibility index (Phi) is 18.9. The Hall–Kier alpha value is -1.68. The molecule has 32 heavy (non-hydrogen) atoms. The number of carbonyl (C=O) groups excluding carboxylic acids is 2. The van der Waals surface area contributed by atoms with Gasteiger partial charge >= 0.3 is 8.60 Å². The molecule has 0 spiro atoms. The number of hydrogen-bond acceptors (Lipinski definition) is 8. The lowest BCUT2D eigenvalue weighted by molar-refractivity contribution is -0.116. The molecular weight excluding hydrogens is 438 g/mol. The molecular formula is C21H38FN4O5P. The molecule has 184 valence electrons.